The summed E-state index contributed by atoms with van der Waals surface area (Å²) in [5, 5.41) is 1.01. The molecule has 0 saturated heterocycles. The second-order valence-corrected chi connectivity index (χ2v) is 6.32. The van der Waals surface area contributed by atoms with Gasteiger partial charge < -0.3 is 4.55 Å². The molecular formula is C6H13BrO2S2. The molecule has 0 saturated carbocycles. The van der Waals surface area contributed by atoms with Crippen molar-refractivity contribution in [1.82, 2.24) is 0 Å². The third kappa shape index (κ3) is 10.8. The molecule has 11 heavy (non-hydrogen) atoms. The first kappa shape index (κ1) is 11.8. The standard InChI is InChI=1S/C6H13BrO2S2/c7-5-3-1-2-4-6-11(8,9)10/h1-6H2,(H,8,9,10). The van der Waals surface area contributed by atoms with Crippen molar-refractivity contribution in [2.45, 2.75) is 25.7 Å². The van der Waals surface area contributed by atoms with Gasteiger partial charge in [-0.3, -0.25) is 0 Å². The van der Waals surface area contributed by atoms with Gasteiger partial charge in [-0.2, -0.15) is 0 Å². The SMILES string of the molecule is O=S(O)(=S)CCCCCCBr. The Hall–Kier alpha value is 0.810. The van der Waals surface area contributed by atoms with E-state index in [0.29, 0.717) is 0 Å². The Morgan fingerprint density at radius 2 is 1.82 bits per heavy atom. The van der Waals surface area contributed by atoms with E-state index in [2.05, 4.69) is 27.1 Å². The molecule has 2 nitrogen and oxygen atoms in total. The summed E-state index contributed by atoms with van der Waals surface area (Å²) in [5.41, 5.74) is 0. The van der Waals surface area contributed by atoms with Crippen LogP contribution in [0.5, 0.6) is 0 Å². The minimum absolute atomic E-state index is 0.268. The van der Waals surface area contributed by atoms with Crippen molar-refractivity contribution in [2.75, 3.05) is 11.1 Å². The van der Waals surface area contributed by atoms with E-state index in [1.165, 1.54) is 0 Å². The highest BCUT2D eigenvalue weighted by molar-refractivity contribution is 9.09. The van der Waals surface area contributed by atoms with Gasteiger partial charge in [0.25, 0.3) is 0 Å². The zero-order chi connectivity index (χ0) is 8.74. The molecule has 0 radical (unpaired) electrons. The van der Waals surface area contributed by atoms with Gasteiger partial charge in [-0.25, -0.2) is 4.21 Å². The molecule has 0 aromatic heterocycles. The van der Waals surface area contributed by atoms with Crippen molar-refractivity contribution in [2.24, 2.45) is 0 Å². The lowest BCUT2D eigenvalue weighted by Crippen LogP contribution is -2.01. The molecule has 1 unspecified atom stereocenters. The first-order chi connectivity index (χ1) is 5.06. The summed E-state index contributed by atoms with van der Waals surface area (Å²) in [6, 6.07) is 0. The van der Waals surface area contributed by atoms with Crippen molar-refractivity contribution >= 4 is 35.9 Å². The molecule has 5 heteroatoms. The Bertz CT molecular complexity index is 177. The number of hydrogen-bond acceptors (Lipinski definition) is 2. The number of hydrogen-bond donors (Lipinski definition) is 1. The first-order valence-electron chi connectivity index (χ1n) is 3.57. The van der Waals surface area contributed by atoms with Crippen molar-refractivity contribution in [3.05, 3.63) is 0 Å². The third-order valence-corrected chi connectivity index (χ3v) is 3.15. The number of unbranched alkanes of at least 4 members (excludes halogenated alkanes) is 3. The highest BCUT2D eigenvalue weighted by atomic mass is 79.9. The van der Waals surface area contributed by atoms with Gasteiger partial charge in [0, 0.05) is 22.3 Å². The maximum Gasteiger partial charge on any atom is 0.141 e. The second-order valence-electron chi connectivity index (χ2n) is 2.39. The van der Waals surface area contributed by atoms with Crippen LogP contribution in [0.4, 0.5) is 0 Å². The molecule has 1 atom stereocenters. The molecule has 0 fully saturated rings. The molecule has 0 aliphatic carbocycles. The average molecular weight is 261 g/mol. The molecule has 1 N–H and O–H groups in total. The first-order valence-corrected chi connectivity index (χ1v) is 7.30. The van der Waals surface area contributed by atoms with Gasteiger partial charge in [0.15, 0.2) is 0 Å². The van der Waals surface area contributed by atoms with Crippen LogP contribution in [0.1, 0.15) is 25.7 Å². The average Bonchev–Trinajstić information content (AvgIpc) is 1.85. The van der Waals surface area contributed by atoms with Crippen LogP contribution in [0.25, 0.3) is 0 Å². The third-order valence-electron chi connectivity index (χ3n) is 1.29. The lowest BCUT2D eigenvalue weighted by atomic mass is 10.2. The fraction of sp³-hybridized carbons (Fsp3) is 1.00. The quantitative estimate of drug-likeness (QED) is 0.588. The van der Waals surface area contributed by atoms with E-state index in [4.69, 9.17) is 4.55 Å². The summed E-state index contributed by atoms with van der Waals surface area (Å²) in [7, 11) is -2.89. The summed E-state index contributed by atoms with van der Waals surface area (Å²) >= 11 is 7.65. The molecule has 0 spiro atoms. The normalized spacial score (nSPS) is 16.2. The highest BCUT2D eigenvalue weighted by Gasteiger charge is 1.98. The van der Waals surface area contributed by atoms with Crippen LogP contribution in [0.3, 0.4) is 0 Å². The van der Waals surface area contributed by atoms with Crippen molar-refractivity contribution in [1.29, 1.82) is 0 Å². The van der Waals surface area contributed by atoms with Crippen LogP contribution in [0, 0.1) is 0 Å². The van der Waals surface area contributed by atoms with E-state index in [1.54, 1.807) is 0 Å². The van der Waals surface area contributed by atoms with E-state index in [-0.39, 0.29) is 5.75 Å². The van der Waals surface area contributed by atoms with Crippen molar-refractivity contribution in [3.8, 4) is 0 Å². The summed E-state index contributed by atoms with van der Waals surface area (Å²) in [5.74, 6) is 0.268. The van der Waals surface area contributed by atoms with Gasteiger partial charge in [-0.05, 0) is 12.8 Å². The van der Waals surface area contributed by atoms with Crippen LogP contribution < -0.4 is 0 Å². The monoisotopic (exact) mass is 260 g/mol. The number of alkyl halides is 1. The van der Waals surface area contributed by atoms with Crippen molar-refractivity contribution < 1.29 is 8.76 Å². The minimum atomic E-state index is -2.89. The number of rotatable bonds is 6. The maximum atomic E-state index is 10.6. The van der Waals surface area contributed by atoms with E-state index in [0.717, 1.165) is 31.0 Å². The Kier molecular flexibility index (Phi) is 6.81. The van der Waals surface area contributed by atoms with Crippen LogP contribution in [-0.4, -0.2) is 19.8 Å². The van der Waals surface area contributed by atoms with Gasteiger partial charge in [0.05, 0.1) is 0 Å². The van der Waals surface area contributed by atoms with Crippen LogP contribution in [0.2, 0.25) is 0 Å². The van der Waals surface area contributed by atoms with Gasteiger partial charge in [-0.15, -0.1) is 0 Å². The largest absolute Gasteiger partial charge is 0.306 e. The molecule has 0 amide bonds. The highest BCUT2D eigenvalue weighted by Crippen LogP contribution is 2.03. The predicted octanol–water partition coefficient (Wildman–Crippen LogP) is 2.16. The summed E-state index contributed by atoms with van der Waals surface area (Å²) in [6.07, 6.45) is 4.01. The van der Waals surface area contributed by atoms with Gasteiger partial charge >= 0.3 is 0 Å². The molecule has 0 rings (SSSR count). The zero-order valence-electron chi connectivity index (χ0n) is 6.29. The molecular weight excluding hydrogens is 248 g/mol. The topological polar surface area (TPSA) is 37.3 Å². The lowest BCUT2D eigenvalue weighted by Gasteiger charge is -1.98. The van der Waals surface area contributed by atoms with Gasteiger partial charge in [0.2, 0.25) is 0 Å². The molecule has 0 bridgehead atoms. The fourth-order valence-electron chi connectivity index (χ4n) is 0.733. The smallest absolute Gasteiger partial charge is 0.141 e. The fourth-order valence-corrected chi connectivity index (χ4v) is 2.05. The summed E-state index contributed by atoms with van der Waals surface area (Å²) < 4.78 is 19.3. The van der Waals surface area contributed by atoms with Gasteiger partial charge in [0.1, 0.15) is 8.77 Å². The minimum Gasteiger partial charge on any atom is -0.306 e. The van der Waals surface area contributed by atoms with E-state index < -0.39 is 8.77 Å². The lowest BCUT2D eigenvalue weighted by molar-refractivity contribution is 0.556. The van der Waals surface area contributed by atoms with Crippen molar-refractivity contribution in [3.63, 3.8) is 0 Å². The zero-order valence-corrected chi connectivity index (χ0v) is 9.51. The van der Waals surface area contributed by atoms with Crippen LogP contribution in [-0.2, 0) is 20.0 Å². The van der Waals surface area contributed by atoms with E-state index in [1.807, 2.05) is 0 Å². The molecule has 0 heterocycles. The maximum absolute atomic E-state index is 10.6. The number of halogens is 1. The summed E-state index contributed by atoms with van der Waals surface area (Å²) in [4.78, 5) is 0. The Morgan fingerprint density at radius 1 is 1.27 bits per heavy atom. The molecule has 0 aromatic rings. The molecule has 68 valence electrons. The van der Waals surface area contributed by atoms with Crippen LogP contribution in [0.15, 0.2) is 0 Å². The Balaban J connectivity index is 3.16. The van der Waals surface area contributed by atoms with Gasteiger partial charge in [-0.1, -0.05) is 28.8 Å². The Morgan fingerprint density at radius 3 is 2.27 bits per heavy atom. The predicted molar refractivity (Wildman–Crippen MR) is 55.3 cm³/mol. The van der Waals surface area contributed by atoms with E-state index in [9.17, 15) is 4.21 Å². The molecule has 0 aliphatic rings. The molecule has 0 aliphatic heterocycles. The molecule has 0 aromatic carbocycles. The van der Waals surface area contributed by atoms with E-state index >= 15 is 0 Å². The van der Waals surface area contributed by atoms with Crippen LogP contribution >= 0.6 is 15.9 Å². The summed E-state index contributed by atoms with van der Waals surface area (Å²) in [6.45, 7) is 0. The Labute approximate surface area is 81.4 Å². The second kappa shape index (κ2) is 6.34.